The van der Waals surface area contributed by atoms with Crippen molar-refractivity contribution < 1.29 is 34.0 Å². The zero-order chi connectivity index (χ0) is 36.4. The molecule has 15 atom stereocenters. The van der Waals surface area contributed by atoms with E-state index >= 15 is 0 Å². The van der Waals surface area contributed by atoms with Crippen molar-refractivity contribution in [2.75, 3.05) is 40.4 Å². The molecule has 0 radical (unpaired) electrons. The molecule has 7 aliphatic rings. The van der Waals surface area contributed by atoms with Crippen LogP contribution in [0.5, 0.6) is 0 Å². The summed E-state index contributed by atoms with van der Waals surface area (Å²) in [6.45, 7) is 19.5. The maximum atomic E-state index is 12.7. The third-order valence-electron chi connectivity index (χ3n) is 16.4. The number of nitrogens with two attached hydrogens (primary N) is 1. The van der Waals surface area contributed by atoms with Gasteiger partial charge in [-0.25, -0.2) is 0 Å². The Morgan fingerprint density at radius 3 is 2.44 bits per heavy atom. The van der Waals surface area contributed by atoms with Crippen LogP contribution in [0.1, 0.15) is 107 Å². The van der Waals surface area contributed by atoms with Gasteiger partial charge < -0.3 is 39.8 Å². The van der Waals surface area contributed by atoms with Crippen LogP contribution in [-0.2, 0) is 23.7 Å². The summed E-state index contributed by atoms with van der Waals surface area (Å²) in [5.74, 6) is 1.33. The molecule has 2 saturated heterocycles. The first-order valence-corrected chi connectivity index (χ1v) is 20.0. The molecule has 7 rings (SSSR count). The van der Waals surface area contributed by atoms with Gasteiger partial charge in [0.15, 0.2) is 6.29 Å². The summed E-state index contributed by atoms with van der Waals surface area (Å²) in [6, 6.07) is -0.202. The van der Waals surface area contributed by atoms with E-state index in [1.165, 1.54) is 12.8 Å². The largest absolute Gasteiger partial charge is 0.388 e. The fourth-order valence-corrected chi connectivity index (χ4v) is 14.1. The van der Waals surface area contributed by atoms with Gasteiger partial charge in [0.2, 0.25) is 5.91 Å². The molecule has 50 heavy (non-hydrogen) atoms. The molecule has 2 spiro atoms. The van der Waals surface area contributed by atoms with Gasteiger partial charge in [0, 0.05) is 27.2 Å². The van der Waals surface area contributed by atoms with Crippen molar-refractivity contribution in [2.45, 2.75) is 161 Å². The third-order valence-corrected chi connectivity index (χ3v) is 16.4. The first-order valence-electron chi connectivity index (χ1n) is 20.0. The van der Waals surface area contributed by atoms with Crippen molar-refractivity contribution in [2.24, 2.45) is 51.1 Å². The van der Waals surface area contributed by atoms with Crippen LogP contribution in [0, 0.1) is 45.3 Å². The lowest BCUT2D eigenvalue weighted by atomic mass is 9.43. The number of rotatable bonds is 8. The first kappa shape index (κ1) is 37.5. The highest BCUT2D eigenvalue weighted by Gasteiger charge is 2.85. The predicted molar refractivity (Wildman–Crippen MR) is 191 cm³/mol. The van der Waals surface area contributed by atoms with Crippen molar-refractivity contribution >= 4 is 5.91 Å². The molecule has 7 fully saturated rings. The summed E-state index contributed by atoms with van der Waals surface area (Å²) in [7, 11) is 3.63. The molecule has 1 amide bonds. The summed E-state index contributed by atoms with van der Waals surface area (Å²) in [4.78, 5) is 16.6. The lowest BCUT2D eigenvalue weighted by molar-refractivity contribution is -0.248. The van der Waals surface area contributed by atoms with Crippen molar-refractivity contribution in [1.29, 1.82) is 0 Å². The molecule has 2 aliphatic heterocycles. The molecule has 0 aromatic rings. The Balaban J connectivity index is 1.10. The van der Waals surface area contributed by atoms with Crippen LogP contribution < -0.4 is 5.73 Å². The molecule has 10 heteroatoms. The van der Waals surface area contributed by atoms with Crippen LogP contribution >= 0.6 is 0 Å². The van der Waals surface area contributed by atoms with Crippen LogP contribution in [0.4, 0.5) is 0 Å². The number of hydrogen-bond donors (Lipinski definition) is 3. The number of hydrogen-bond acceptors (Lipinski definition) is 9. The molecule has 2 heterocycles. The minimum Gasteiger partial charge on any atom is -0.388 e. The summed E-state index contributed by atoms with van der Waals surface area (Å²) in [6.07, 6.45) is 6.26. The standard InChI is InChI=1S/C40H69N3O7/c1-11-47-33(36(6,7)46)25-20-23(2)30-31(49-25)32(44)40(41)27-13-12-26-35(4,5)28(14-15-38(26)22-39(27,38)17-16-37(30,40)8)50-29-21-43(18-19-48-29)24(3)34(45)42(9)10/h23-33,44,46H,11-22,41H2,1-10H3/t23-,24+,25?,26+,27?,28?,29?,30+,31?,32+,33?,37?,38?,39?,40+/m1/s1. The fraction of sp³-hybridized carbons (Fsp3) is 0.975. The highest BCUT2D eigenvalue weighted by molar-refractivity contribution is 5.80. The molecule has 10 nitrogen and oxygen atoms in total. The van der Waals surface area contributed by atoms with Gasteiger partial charge in [0.25, 0.3) is 0 Å². The van der Waals surface area contributed by atoms with Crippen molar-refractivity contribution in [3.63, 3.8) is 0 Å². The van der Waals surface area contributed by atoms with E-state index in [2.05, 4.69) is 32.6 Å². The van der Waals surface area contributed by atoms with Crippen LogP contribution in [0.2, 0.25) is 0 Å². The topological polar surface area (TPSA) is 127 Å². The molecule has 0 aromatic carbocycles. The smallest absolute Gasteiger partial charge is 0.239 e. The first-order chi connectivity index (χ1) is 23.3. The highest BCUT2D eigenvalue weighted by atomic mass is 16.7. The number of carbonyl (C=O) groups excluding carboxylic acids is 1. The molecule has 0 bridgehead atoms. The summed E-state index contributed by atoms with van der Waals surface area (Å²) < 4.78 is 26.0. The summed E-state index contributed by atoms with van der Waals surface area (Å²) in [5.41, 5.74) is 6.14. The highest BCUT2D eigenvalue weighted by Crippen LogP contribution is 2.87. The van der Waals surface area contributed by atoms with Gasteiger partial charge in [-0.15, -0.1) is 0 Å². The Labute approximate surface area is 301 Å². The van der Waals surface area contributed by atoms with E-state index in [0.717, 1.165) is 45.1 Å². The number of amides is 1. The molecular formula is C40H69N3O7. The fourth-order valence-electron chi connectivity index (χ4n) is 14.1. The van der Waals surface area contributed by atoms with E-state index in [4.69, 9.17) is 24.7 Å². The maximum Gasteiger partial charge on any atom is 0.239 e. The quantitative estimate of drug-likeness (QED) is 0.341. The molecule has 5 aliphatic carbocycles. The number of aliphatic hydroxyl groups is 2. The number of carbonyl (C=O) groups is 1. The van der Waals surface area contributed by atoms with Crippen molar-refractivity contribution in [3.8, 4) is 0 Å². The average Bonchev–Trinajstić information content (AvgIpc) is 3.68. The number of fused-ring (bicyclic) bond motifs is 4. The van der Waals surface area contributed by atoms with Crippen LogP contribution in [0.25, 0.3) is 0 Å². The molecule has 5 saturated carbocycles. The predicted octanol–water partition coefficient (Wildman–Crippen LogP) is 4.19. The Hall–Kier alpha value is -0.850. The molecule has 286 valence electrons. The lowest BCUT2D eigenvalue weighted by Crippen LogP contribution is -2.70. The van der Waals surface area contributed by atoms with E-state index in [1.54, 1.807) is 18.7 Å². The van der Waals surface area contributed by atoms with Crippen molar-refractivity contribution in [1.82, 2.24) is 9.80 Å². The zero-order valence-corrected chi connectivity index (χ0v) is 32.7. The monoisotopic (exact) mass is 704 g/mol. The van der Waals surface area contributed by atoms with Gasteiger partial charge in [-0.3, -0.25) is 9.69 Å². The Bertz CT molecular complexity index is 1310. The number of nitrogens with zero attached hydrogens (tertiary/aromatic N) is 2. The van der Waals surface area contributed by atoms with Gasteiger partial charge in [0.05, 0.1) is 54.7 Å². The Morgan fingerprint density at radius 1 is 1.10 bits per heavy atom. The number of likely N-dealkylation sites (N-methyl/N-ethyl adjacent to an activating group) is 1. The van der Waals surface area contributed by atoms with Crippen molar-refractivity contribution in [3.05, 3.63) is 0 Å². The minimum atomic E-state index is -1.06. The van der Waals surface area contributed by atoms with Crippen LogP contribution in [0.3, 0.4) is 0 Å². The second kappa shape index (κ2) is 12.3. The SMILES string of the molecule is CCOC(C1C[C@@H](C)[C@H]2C(O1)[C@H](O)[C@@]1(N)C3CC[C@H]4C(C)(C)C(OC5CN([C@@H](C)C(=O)N(C)C)CCO5)CCC45CC35CCC21C)C(C)(C)O. The minimum absolute atomic E-state index is 0.0372. The second-order valence-electron chi connectivity index (χ2n) is 19.6. The number of morpholine rings is 1. The number of aliphatic hydroxyl groups excluding tert-OH is 1. The molecular weight excluding hydrogens is 634 g/mol. The van der Waals surface area contributed by atoms with Crippen LogP contribution in [0.15, 0.2) is 0 Å². The molecule has 4 N–H and O–H groups in total. The van der Waals surface area contributed by atoms with Gasteiger partial charge in [0.1, 0.15) is 6.10 Å². The Morgan fingerprint density at radius 2 is 1.78 bits per heavy atom. The van der Waals surface area contributed by atoms with E-state index in [0.29, 0.717) is 31.6 Å². The van der Waals surface area contributed by atoms with E-state index in [-0.39, 0.29) is 70.0 Å². The van der Waals surface area contributed by atoms with E-state index < -0.39 is 23.3 Å². The third kappa shape index (κ3) is 5.11. The van der Waals surface area contributed by atoms with E-state index in [9.17, 15) is 15.0 Å². The van der Waals surface area contributed by atoms with E-state index in [1.807, 2.05) is 27.9 Å². The molecule has 0 aromatic heterocycles. The average molecular weight is 704 g/mol. The second-order valence-corrected chi connectivity index (χ2v) is 19.6. The normalized spacial score (nSPS) is 49.4. The Kier molecular flexibility index (Phi) is 9.24. The summed E-state index contributed by atoms with van der Waals surface area (Å²) in [5, 5.41) is 23.6. The molecule has 9 unspecified atom stereocenters. The van der Waals surface area contributed by atoms with Gasteiger partial charge in [-0.05, 0) is 124 Å². The maximum absolute atomic E-state index is 12.7. The summed E-state index contributed by atoms with van der Waals surface area (Å²) >= 11 is 0. The number of ether oxygens (including phenoxy) is 4. The van der Waals surface area contributed by atoms with Gasteiger partial charge in [-0.2, -0.15) is 0 Å². The lowest BCUT2D eigenvalue weighted by Gasteiger charge is -2.63. The van der Waals surface area contributed by atoms with Gasteiger partial charge in [-0.1, -0.05) is 27.7 Å². The van der Waals surface area contributed by atoms with Crippen LogP contribution in [-0.4, -0.2) is 120 Å². The van der Waals surface area contributed by atoms with Gasteiger partial charge >= 0.3 is 0 Å². The zero-order valence-electron chi connectivity index (χ0n) is 32.7.